The highest BCUT2D eigenvalue weighted by molar-refractivity contribution is 7.10. The highest BCUT2D eigenvalue weighted by Gasteiger charge is 2.44. The monoisotopic (exact) mass is 396 g/mol. The summed E-state index contributed by atoms with van der Waals surface area (Å²) >= 11 is 1.81. The molecular formula is C26H24N2S. The molecule has 0 saturated heterocycles. The van der Waals surface area contributed by atoms with Crippen molar-refractivity contribution in [3.8, 4) is 0 Å². The van der Waals surface area contributed by atoms with Gasteiger partial charge in [0.25, 0.3) is 0 Å². The molecule has 1 aromatic heterocycles. The number of thiophene rings is 1. The second-order valence-electron chi connectivity index (χ2n) is 7.59. The maximum absolute atomic E-state index is 6.68. The summed E-state index contributed by atoms with van der Waals surface area (Å²) in [6.45, 7) is 1.70. The van der Waals surface area contributed by atoms with Crippen LogP contribution in [0.25, 0.3) is 0 Å². The highest BCUT2D eigenvalue weighted by Crippen LogP contribution is 2.46. The molecule has 144 valence electrons. The maximum Gasteiger partial charge on any atom is 0.0976 e. The van der Waals surface area contributed by atoms with Crippen molar-refractivity contribution in [1.82, 2.24) is 4.90 Å². The predicted molar refractivity (Wildman–Crippen MR) is 121 cm³/mol. The minimum atomic E-state index is -0.400. The topological polar surface area (TPSA) is 29.3 Å². The van der Waals surface area contributed by atoms with E-state index in [0.29, 0.717) is 0 Å². The fourth-order valence-corrected chi connectivity index (χ4v) is 5.69. The van der Waals surface area contributed by atoms with Gasteiger partial charge in [-0.2, -0.15) is 0 Å². The van der Waals surface area contributed by atoms with Gasteiger partial charge in [0.15, 0.2) is 0 Å². The first-order valence-corrected chi connectivity index (χ1v) is 10.9. The van der Waals surface area contributed by atoms with E-state index in [1.165, 1.54) is 27.1 Å². The summed E-state index contributed by atoms with van der Waals surface area (Å²) in [6.07, 6.45) is 0. The lowest BCUT2D eigenvalue weighted by Gasteiger charge is -2.48. The van der Waals surface area contributed by atoms with Crippen LogP contribution in [0, 0.1) is 0 Å². The summed E-state index contributed by atoms with van der Waals surface area (Å²) in [6, 6.07) is 34.8. The predicted octanol–water partition coefficient (Wildman–Crippen LogP) is 5.56. The van der Waals surface area contributed by atoms with E-state index in [1.807, 2.05) is 11.3 Å². The molecule has 0 saturated carbocycles. The average Bonchev–Trinajstić information content (AvgIpc) is 3.26. The van der Waals surface area contributed by atoms with Crippen molar-refractivity contribution in [1.29, 1.82) is 0 Å². The molecule has 0 radical (unpaired) electrons. The van der Waals surface area contributed by atoms with Crippen molar-refractivity contribution in [2.45, 2.75) is 18.1 Å². The van der Waals surface area contributed by atoms with Gasteiger partial charge in [-0.05, 0) is 33.7 Å². The van der Waals surface area contributed by atoms with Crippen molar-refractivity contribution < 1.29 is 0 Å². The molecule has 0 amide bonds. The van der Waals surface area contributed by atoms with Crippen LogP contribution in [-0.2, 0) is 12.1 Å². The van der Waals surface area contributed by atoms with E-state index < -0.39 is 5.54 Å². The molecule has 1 aliphatic heterocycles. The van der Waals surface area contributed by atoms with Gasteiger partial charge in [0.2, 0.25) is 0 Å². The Balaban J connectivity index is 1.79. The van der Waals surface area contributed by atoms with Crippen LogP contribution >= 0.6 is 11.3 Å². The molecule has 5 rings (SSSR count). The van der Waals surface area contributed by atoms with Gasteiger partial charge >= 0.3 is 0 Å². The van der Waals surface area contributed by atoms with Crippen LogP contribution in [0.1, 0.15) is 33.2 Å². The SMILES string of the molecule is NC1CN(C(c2ccccc2)(c2ccccc2)c2ccccc2)Cc2sccc21. The van der Waals surface area contributed by atoms with Crippen LogP contribution in [0.15, 0.2) is 102 Å². The maximum atomic E-state index is 6.68. The normalized spacial score (nSPS) is 17.1. The van der Waals surface area contributed by atoms with Gasteiger partial charge in [0.05, 0.1) is 5.54 Å². The van der Waals surface area contributed by atoms with Gasteiger partial charge in [0.1, 0.15) is 0 Å². The summed E-state index contributed by atoms with van der Waals surface area (Å²) in [4.78, 5) is 3.94. The number of hydrogen-bond acceptors (Lipinski definition) is 3. The van der Waals surface area contributed by atoms with E-state index >= 15 is 0 Å². The van der Waals surface area contributed by atoms with Crippen molar-refractivity contribution >= 4 is 11.3 Å². The number of nitrogens with zero attached hydrogens (tertiary/aromatic N) is 1. The van der Waals surface area contributed by atoms with Gasteiger partial charge in [0, 0.05) is 24.0 Å². The van der Waals surface area contributed by atoms with Crippen LogP contribution in [0.3, 0.4) is 0 Å². The molecule has 1 unspecified atom stereocenters. The van der Waals surface area contributed by atoms with E-state index in [9.17, 15) is 0 Å². The molecule has 3 heteroatoms. The van der Waals surface area contributed by atoms with Gasteiger partial charge in [-0.15, -0.1) is 11.3 Å². The molecule has 2 heterocycles. The van der Waals surface area contributed by atoms with Crippen LogP contribution in [0.2, 0.25) is 0 Å². The Morgan fingerprint density at radius 3 is 1.69 bits per heavy atom. The minimum Gasteiger partial charge on any atom is -0.323 e. The summed E-state index contributed by atoms with van der Waals surface area (Å²) in [5, 5.41) is 2.17. The molecule has 29 heavy (non-hydrogen) atoms. The number of benzene rings is 3. The van der Waals surface area contributed by atoms with Crippen LogP contribution in [-0.4, -0.2) is 11.4 Å². The third-order valence-corrected chi connectivity index (χ3v) is 6.90. The summed E-state index contributed by atoms with van der Waals surface area (Å²) in [7, 11) is 0. The lowest BCUT2D eigenvalue weighted by molar-refractivity contribution is 0.128. The van der Waals surface area contributed by atoms with Crippen molar-refractivity contribution in [2.75, 3.05) is 6.54 Å². The fraction of sp³-hybridized carbons (Fsp3) is 0.154. The highest BCUT2D eigenvalue weighted by atomic mass is 32.1. The van der Waals surface area contributed by atoms with Crippen molar-refractivity contribution in [3.63, 3.8) is 0 Å². The first-order chi connectivity index (χ1) is 14.3. The Morgan fingerprint density at radius 2 is 1.21 bits per heavy atom. The Morgan fingerprint density at radius 1 is 0.724 bits per heavy atom. The molecule has 1 aliphatic rings. The zero-order chi connectivity index (χ0) is 19.7. The van der Waals surface area contributed by atoms with Crippen molar-refractivity contribution in [2.24, 2.45) is 5.73 Å². The Labute approximate surface area is 176 Å². The zero-order valence-electron chi connectivity index (χ0n) is 16.2. The summed E-state index contributed by atoms with van der Waals surface area (Å²) < 4.78 is 0. The Bertz CT molecular complexity index is 977. The van der Waals surface area contributed by atoms with Gasteiger partial charge in [-0.1, -0.05) is 91.0 Å². The molecule has 3 aromatic carbocycles. The van der Waals surface area contributed by atoms with E-state index in [4.69, 9.17) is 5.73 Å². The molecular weight excluding hydrogens is 372 g/mol. The summed E-state index contributed by atoms with van der Waals surface area (Å²) in [5.74, 6) is 0. The Kier molecular flexibility index (Phi) is 4.80. The smallest absolute Gasteiger partial charge is 0.0976 e. The van der Waals surface area contributed by atoms with E-state index in [1.54, 1.807) is 0 Å². The largest absolute Gasteiger partial charge is 0.323 e. The molecule has 1 atom stereocenters. The lowest BCUT2D eigenvalue weighted by atomic mass is 9.74. The fourth-order valence-electron chi connectivity index (χ4n) is 4.72. The van der Waals surface area contributed by atoms with Crippen LogP contribution < -0.4 is 5.73 Å². The van der Waals surface area contributed by atoms with Gasteiger partial charge in [-0.3, -0.25) is 4.90 Å². The molecule has 0 fully saturated rings. The minimum absolute atomic E-state index is 0.0144. The lowest BCUT2D eigenvalue weighted by Crippen LogP contribution is -2.51. The second kappa shape index (κ2) is 7.60. The second-order valence-corrected chi connectivity index (χ2v) is 8.60. The molecule has 2 N–H and O–H groups in total. The van der Waals surface area contributed by atoms with E-state index in [-0.39, 0.29) is 6.04 Å². The van der Waals surface area contributed by atoms with Crippen molar-refractivity contribution in [3.05, 3.63) is 130 Å². The number of hydrogen-bond donors (Lipinski definition) is 1. The number of rotatable bonds is 4. The van der Waals surface area contributed by atoms with Crippen LogP contribution in [0.5, 0.6) is 0 Å². The number of fused-ring (bicyclic) bond motifs is 1. The molecule has 0 bridgehead atoms. The first kappa shape index (κ1) is 18.3. The molecule has 2 nitrogen and oxygen atoms in total. The average molecular weight is 397 g/mol. The third-order valence-electron chi connectivity index (χ3n) is 5.98. The standard InChI is InChI=1S/C26H24N2S/c27-24-18-28(19-25-23(24)16-17-29-25)26(20-10-4-1-5-11-20,21-12-6-2-7-13-21)22-14-8-3-9-15-22/h1-17,24H,18-19,27H2. The van der Waals surface area contributed by atoms with E-state index in [2.05, 4.69) is 107 Å². The molecule has 0 aliphatic carbocycles. The van der Waals surface area contributed by atoms with Gasteiger partial charge < -0.3 is 5.73 Å². The quantitative estimate of drug-likeness (QED) is 0.458. The first-order valence-electron chi connectivity index (χ1n) is 10.0. The molecule has 4 aromatic rings. The zero-order valence-corrected chi connectivity index (χ0v) is 17.1. The van der Waals surface area contributed by atoms with Crippen LogP contribution in [0.4, 0.5) is 0 Å². The van der Waals surface area contributed by atoms with E-state index in [0.717, 1.165) is 13.1 Å². The molecule has 0 spiro atoms. The van der Waals surface area contributed by atoms with Gasteiger partial charge in [-0.25, -0.2) is 0 Å². The number of nitrogens with two attached hydrogens (primary N) is 1. The third kappa shape index (κ3) is 3.03. The Hall–Kier alpha value is -2.72. The summed E-state index contributed by atoms with van der Waals surface area (Å²) in [5.41, 5.74) is 11.4.